The zero-order valence-electron chi connectivity index (χ0n) is 12.2. The minimum atomic E-state index is -0.407. The summed E-state index contributed by atoms with van der Waals surface area (Å²) in [5.74, 6) is 2.11. The molecular formula is C18H17NO2. The lowest BCUT2D eigenvalue weighted by Crippen LogP contribution is -2.12. The Labute approximate surface area is 125 Å². The Hall–Kier alpha value is -2.73. The summed E-state index contributed by atoms with van der Waals surface area (Å²) in [4.78, 5) is 14.1. The average molecular weight is 279 g/mol. The van der Waals surface area contributed by atoms with Crippen molar-refractivity contribution >= 4 is 11.7 Å². The molecule has 2 aromatic carbocycles. The van der Waals surface area contributed by atoms with Gasteiger partial charge in [0.2, 0.25) is 0 Å². The fourth-order valence-electron chi connectivity index (χ4n) is 1.91. The largest absolute Gasteiger partial charge is 0.457 e. The lowest BCUT2D eigenvalue weighted by atomic mass is 10.1. The summed E-state index contributed by atoms with van der Waals surface area (Å²) in [5.41, 5.74) is 2.80. The van der Waals surface area contributed by atoms with Gasteiger partial charge in [-0.05, 0) is 23.8 Å². The highest BCUT2D eigenvalue weighted by Crippen LogP contribution is 2.19. The van der Waals surface area contributed by atoms with Crippen molar-refractivity contribution in [2.45, 2.75) is 6.61 Å². The van der Waals surface area contributed by atoms with Crippen molar-refractivity contribution in [3.8, 4) is 12.3 Å². The van der Waals surface area contributed by atoms with E-state index in [1.165, 1.54) is 0 Å². The third-order valence-corrected chi connectivity index (χ3v) is 3.11. The fraction of sp³-hybridized carbons (Fsp3) is 0.167. The first-order valence-electron chi connectivity index (χ1n) is 6.61. The number of esters is 1. The van der Waals surface area contributed by atoms with Gasteiger partial charge in [-0.25, -0.2) is 4.79 Å². The van der Waals surface area contributed by atoms with E-state index in [2.05, 4.69) is 5.92 Å². The summed E-state index contributed by atoms with van der Waals surface area (Å²) in [6.45, 7) is 0.232. The van der Waals surface area contributed by atoms with Gasteiger partial charge in [-0.3, -0.25) is 0 Å². The van der Waals surface area contributed by atoms with Crippen molar-refractivity contribution < 1.29 is 9.53 Å². The van der Waals surface area contributed by atoms with E-state index in [1.807, 2.05) is 55.4 Å². The highest BCUT2D eigenvalue weighted by atomic mass is 16.5. The van der Waals surface area contributed by atoms with E-state index >= 15 is 0 Å². The summed E-state index contributed by atoms with van der Waals surface area (Å²) in [6, 6.07) is 14.9. The number of anilines is 1. The van der Waals surface area contributed by atoms with Crippen LogP contribution in [0.4, 0.5) is 5.69 Å². The normalized spacial score (nSPS) is 9.76. The van der Waals surface area contributed by atoms with Gasteiger partial charge in [0.05, 0.1) is 5.56 Å². The van der Waals surface area contributed by atoms with Gasteiger partial charge < -0.3 is 9.64 Å². The predicted octanol–water partition coefficient (Wildman–Crippen LogP) is 3.09. The molecule has 0 fully saturated rings. The number of terminal acetylenes is 1. The van der Waals surface area contributed by atoms with E-state index in [1.54, 1.807) is 12.1 Å². The standard InChI is InChI=1S/C18H17NO2/c1-4-15-10-11-16(19(2)3)12-17(15)18(20)21-13-14-8-6-5-7-9-14/h1,5-12H,13H2,2-3H3. The van der Waals surface area contributed by atoms with Crippen molar-refractivity contribution in [2.75, 3.05) is 19.0 Å². The third-order valence-electron chi connectivity index (χ3n) is 3.11. The van der Waals surface area contributed by atoms with Crippen LogP contribution in [0.5, 0.6) is 0 Å². The zero-order valence-corrected chi connectivity index (χ0v) is 12.2. The van der Waals surface area contributed by atoms with Gasteiger partial charge in [0, 0.05) is 25.3 Å². The molecule has 0 atom stereocenters. The van der Waals surface area contributed by atoms with Crippen molar-refractivity contribution in [1.29, 1.82) is 0 Å². The van der Waals surface area contributed by atoms with Crippen LogP contribution in [0.2, 0.25) is 0 Å². The highest BCUT2D eigenvalue weighted by Gasteiger charge is 2.13. The van der Waals surface area contributed by atoms with Crippen molar-refractivity contribution in [2.24, 2.45) is 0 Å². The Balaban J connectivity index is 2.18. The lowest BCUT2D eigenvalue weighted by Gasteiger charge is -2.14. The van der Waals surface area contributed by atoms with E-state index in [0.717, 1.165) is 11.3 Å². The second-order valence-corrected chi connectivity index (χ2v) is 4.83. The van der Waals surface area contributed by atoms with Gasteiger partial charge in [0.1, 0.15) is 6.61 Å². The molecule has 0 heterocycles. The third kappa shape index (κ3) is 3.64. The van der Waals surface area contributed by atoms with E-state index < -0.39 is 5.97 Å². The molecule has 106 valence electrons. The first kappa shape index (κ1) is 14.7. The summed E-state index contributed by atoms with van der Waals surface area (Å²) in [7, 11) is 3.81. The molecule has 0 radical (unpaired) electrons. The summed E-state index contributed by atoms with van der Waals surface area (Å²) < 4.78 is 5.34. The number of ether oxygens (including phenoxy) is 1. The Morgan fingerprint density at radius 2 is 1.90 bits per heavy atom. The molecule has 0 aromatic heterocycles. The lowest BCUT2D eigenvalue weighted by molar-refractivity contribution is 0.0472. The van der Waals surface area contributed by atoms with Crippen LogP contribution in [-0.4, -0.2) is 20.1 Å². The first-order valence-corrected chi connectivity index (χ1v) is 6.61. The predicted molar refractivity (Wildman–Crippen MR) is 84.3 cm³/mol. The Morgan fingerprint density at radius 3 is 2.52 bits per heavy atom. The molecule has 0 unspecified atom stereocenters. The van der Waals surface area contributed by atoms with Gasteiger partial charge in [-0.1, -0.05) is 36.3 Å². The highest BCUT2D eigenvalue weighted by molar-refractivity contribution is 5.93. The number of carbonyl (C=O) groups excluding carboxylic acids is 1. The summed E-state index contributed by atoms with van der Waals surface area (Å²) in [5, 5.41) is 0. The first-order chi connectivity index (χ1) is 10.1. The molecule has 0 saturated carbocycles. The molecule has 0 aliphatic rings. The molecule has 2 rings (SSSR count). The van der Waals surface area contributed by atoms with Crippen LogP contribution >= 0.6 is 0 Å². The van der Waals surface area contributed by atoms with Gasteiger partial charge in [-0.2, -0.15) is 0 Å². The molecule has 21 heavy (non-hydrogen) atoms. The maximum absolute atomic E-state index is 12.2. The van der Waals surface area contributed by atoms with Gasteiger partial charge in [0.15, 0.2) is 0 Å². The molecule has 0 spiro atoms. The van der Waals surface area contributed by atoms with Crippen molar-refractivity contribution in [3.05, 3.63) is 65.2 Å². The summed E-state index contributed by atoms with van der Waals surface area (Å²) in [6.07, 6.45) is 5.45. The van der Waals surface area contributed by atoms with Crippen LogP contribution in [-0.2, 0) is 11.3 Å². The Morgan fingerprint density at radius 1 is 1.19 bits per heavy atom. The van der Waals surface area contributed by atoms with Gasteiger partial charge in [-0.15, -0.1) is 6.42 Å². The zero-order chi connectivity index (χ0) is 15.2. The van der Waals surface area contributed by atoms with Crippen LogP contribution in [0.25, 0.3) is 0 Å². The van der Waals surface area contributed by atoms with Crippen LogP contribution < -0.4 is 4.90 Å². The van der Waals surface area contributed by atoms with E-state index in [9.17, 15) is 4.79 Å². The minimum absolute atomic E-state index is 0.232. The quantitative estimate of drug-likeness (QED) is 0.636. The number of benzene rings is 2. The number of hydrogen-bond donors (Lipinski definition) is 0. The van der Waals surface area contributed by atoms with Crippen molar-refractivity contribution in [1.82, 2.24) is 0 Å². The molecule has 0 saturated heterocycles. The summed E-state index contributed by atoms with van der Waals surface area (Å²) >= 11 is 0. The molecular weight excluding hydrogens is 262 g/mol. The molecule has 0 aliphatic heterocycles. The van der Waals surface area contributed by atoms with Crippen molar-refractivity contribution in [3.63, 3.8) is 0 Å². The molecule has 0 amide bonds. The number of hydrogen-bond acceptors (Lipinski definition) is 3. The minimum Gasteiger partial charge on any atom is -0.457 e. The second-order valence-electron chi connectivity index (χ2n) is 4.83. The Bertz CT molecular complexity index is 669. The molecule has 3 nitrogen and oxygen atoms in total. The van der Waals surface area contributed by atoms with E-state index in [0.29, 0.717) is 11.1 Å². The second kappa shape index (κ2) is 6.62. The maximum atomic E-state index is 12.2. The average Bonchev–Trinajstić information content (AvgIpc) is 2.52. The number of rotatable bonds is 4. The van der Waals surface area contributed by atoms with E-state index in [-0.39, 0.29) is 6.61 Å². The Kier molecular flexibility index (Phi) is 4.63. The van der Waals surface area contributed by atoms with Gasteiger partial charge in [0.25, 0.3) is 0 Å². The molecule has 0 aliphatic carbocycles. The number of carbonyl (C=O) groups is 1. The van der Waals surface area contributed by atoms with Crippen LogP contribution in [0, 0.1) is 12.3 Å². The fourth-order valence-corrected chi connectivity index (χ4v) is 1.91. The smallest absolute Gasteiger partial charge is 0.339 e. The molecule has 2 aromatic rings. The van der Waals surface area contributed by atoms with Gasteiger partial charge >= 0.3 is 5.97 Å². The van der Waals surface area contributed by atoms with Crippen LogP contribution in [0.15, 0.2) is 48.5 Å². The number of nitrogens with zero attached hydrogens (tertiary/aromatic N) is 1. The topological polar surface area (TPSA) is 29.5 Å². The molecule has 0 N–H and O–H groups in total. The SMILES string of the molecule is C#Cc1ccc(N(C)C)cc1C(=O)OCc1ccccc1. The monoisotopic (exact) mass is 279 g/mol. The molecule has 3 heteroatoms. The van der Waals surface area contributed by atoms with Crippen LogP contribution in [0.1, 0.15) is 21.5 Å². The molecule has 0 bridgehead atoms. The van der Waals surface area contributed by atoms with Crippen LogP contribution in [0.3, 0.4) is 0 Å². The van der Waals surface area contributed by atoms with E-state index in [4.69, 9.17) is 11.2 Å². The maximum Gasteiger partial charge on any atom is 0.339 e.